The van der Waals surface area contributed by atoms with Crippen LogP contribution in [-0.2, 0) is 23.1 Å². The van der Waals surface area contributed by atoms with Crippen molar-refractivity contribution in [1.82, 2.24) is 15.0 Å². The maximum Gasteiger partial charge on any atom is 0.274 e. The number of aromatic nitrogens is 1. The smallest absolute Gasteiger partial charge is 0.274 e. The van der Waals surface area contributed by atoms with E-state index in [-0.39, 0.29) is 11.6 Å². The molecule has 0 spiro atoms. The molecule has 1 aliphatic rings. The highest BCUT2D eigenvalue weighted by Crippen LogP contribution is 2.20. The Kier molecular flexibility index (Phi) is 4.12. The summed E-state index contributed by atoms with van der Waals surface area (Å²) in [6.45, 7) is 2.67. The molecule has 1 fully saturated rings. The number of nitrogens with zero attached hydrogens (tertiary/aromatic N) is 1. The van der Waals surface area contributed by atoms with Crippen LogP contribution in [0.5, 0.6) is 0 Å². The minimum absolute atomic E-state index is 0.0451. The first-order valence-electron chi connectivity index (χ1n) is 6.76. The quantitative estimate of drug-likeness (QED) is 0.810. The monoisotopic (exact) mass is 327 g/mol. The second-order valence-corrected chi connectivity index (χ2v) is 8.06. The highest BCUT2D eigenvalue weighted by molar-refractivity contribution is 7.89. The summed E-state index contributed by atoms with van der Waals surface area (Å²) in [5.41, 5.74) is 0. The van der Waals surface area contributed by atoms with Gasteiger partial charge >= 0.3 is 0 Å². The van der Waals surface area contributed by atoms with Gasteiger partial charge in [-0.2, -0.15) is 0 Å². The molecule has 0 amide bonds. The minimum Gasteiger partial charge on any atom is -0.447 e. The van der Waals surface area contributed by atoms with Crippen molar-refractivity contribution in [2.75, 3.05) is 0 Å². The molecule has 0 atom stereocenters. The molecular formula is C13H17N3O3S2. The van der Waals surface area contributed by atoms with Gasteiger partial charge in [0.2, 0.25) is 5.09 Å². The first-order valence-corrected chi connectivity index (χ1v) is 9.06. The maximum atomic E-state index is 12.1. The van der Waals surface area contributed by atoms with Crippen LogP contribution in [0.2, 0.25) is 0 Å². The molecule has 2 aromatic rings. The van der Waals surface area contributed by atoms with Gasteiger partial charge in [-0.05, 0) is 31.9 Å². The molecule has 2 heterocycles. The number of rotatable bonds is 7. The molecule has 0 aromatic carbocycles. The lowest BCUT2D eigenvalue weighted by atomic mass is 10.4. The van der Waals surface area contributed by atoms with Gasteiger partial charge in [0.15, 0.2) is 0 Å². The maximum absolute atomic E-state index is 12.1. The van der Waals surface area contributed by atoms with Crippen LogP contribution in [-0.4, -0.2) is 19.4 Å². The summed E-state index contributed by atoms with van der Waals surface area (Å²) < 4.78 is 32.2. The van der Waals surface area contributed by atoms with E-state index in [1.807, 2.05) is 6.92 Å². The number of aryl methyl sites for hydroxylation is 1. The number of thiazole rings is 1. The van der Waals surface area contributed by atoms with Crippen molar-refractivity contribution in [3.63, 3.8) is 0 Å². The number of furan rings is 1. The number of nitrogens with one attached hydrogen (secondary N) is 2. The van der Waals surface area contributed by atoms with E-state index in [1.165, 1.54) is 30.2 Å². The first-order chi connectivity index (χ1) is 10.0. The van der Waals surface area contributed by atoms with E-state index in [1.54, 1.807) is 12.3 Å². The van der Waals surface area contributed by atoms with Crippen LogP contribution in [0.1, 0.15) is 28.5 Å². The van der Waals surface area contributed by atoms with Crippen molar-refractivity contribution in [3.8, 4) is 0 Å². The second-order valence-electron chi connectivity index (χ2n) is 5.05. The van der Waals surface area contributed by atoms with Crippen LogP contribution in [0.15, 0.2) is 27.8 Å². The van der Waals surface area contributed by atoms with E-state index in [9.17, 15) is 8.42 Å². The number of sulfonamides is 1. The fourth-order valence-corrected chi connectivity index (χ4v) is 3.63. The summed E-state index contributed by atoms with van der Waals surface area (Å²) in [6, 6.07) is 3.74. The minimum atomic E-state index is -3.62. The molecule has 1 aliphatic carbocycles. The SMILES string of the molecule is Cc1ncc(CNS(=O)(=O)c2ccc(CNC3CC3)o2)s1. The Hall–Kier alpha value is -1.22. The van der Waals surface area contributed by atoms with Gasteiger partial charge in [0.1, 0.15) is 5.76 Å². The summed E-state index contributed by atoms with van der Waals surface area (Å²) in [5, 5.41) is 4.15. The van der Waals surface area contributed by atoms with Crippen molar-refractivity contribution < 1.29 is 12.8 Å². The topological polar surface area (TPSA) is 84.2 Å². The van der Waals surface area contributed by atoms with E-state index in [4.69, 9.17) is 4.42 Å². The van der Waals surface area contributed by atoms with Crippen LogP contribution in [0, 0.1) is 6.92 Å². The Morgan fingerprint density at radius 2 is 2.19 bits per heavy atom. The molecule has 0 aliphatic heterocycles. The molecule has 8 heteroatoms. The lowest BCUT2D eigenvalue weighted by Gasteiger charge is -2.02. The molecule has 21 heavy (non-hydrogen) atoms. The van der Waals surface area contributed by atoms with Crippen LogP contribution >= 0.6 is 11.3 Å². The van der Waals surface area contributed by atoms with Gasteiger partial charge in [-0.15, -0.1) is 11.3 Å². The van der Waals surface area contributed by atoms with Gasteiger partial charge in [0.05, 0.1) is 11.6 Å². The third-order valence-electron chi connectivity index (χ3n) is 3.15. The average molecular weight is 327 g/mol. The van der Waals surface area contributed by atoms with E-state index >= 15 is 0 Å². The predicted octanol–water partition coefficient (Wildman–Crippen LogP) is 1.78. The lowest BCUT2D eigenvalue weighted by molar-refractivity contribution is 0.399. The van der Waals surface area contributed by atoms with Crippen molar-refractivity contribution >= 4 is 21.4 Å². The Bertz CT molecular complexity index is 717. The number of hydrogen-bond donors (Lipinski definition) is 2. The molecule has 2 N–H and O–H groups in total. The summed E-state index contributed by atoms with van der Waals surface area (Å²) in [5.74, 6) is 0.635. The van der Waals surface area contributed by atoms with Crippen LogP contribution < -0.4 is 10.0 Å². The first kappa shape index (κ1) is 14.7. The van der Waals surface area contributed by atoms with Crippen molar-refractivity contribution in [2.45, 2.75) is 44.0 Å². The van der Waals surface area contributed by atoms with E-state index < -0.39 is 10.0 Å². The zero-order valence-corrected chi connectivity index (χ0v) is 13.3. The summed E-state index contributed by atoms with van der Waals surface area (Å²) in [4.78, 5) is 4.97. The Morgan fingerprint density at radius 1 is 1.38 bits per heavy atom. The fraction of sp³-hybridized carbons (Fsp3) is 0.462. The van der Waals surface area contributed by atoms with Crippen LogP contribution in [0.4, 0.5) is 0 Å². The molecule has 0 saturated heterocycles. The Labute approximate surface area is 127 Å². The van der Waals surface area contributed by atoms with Gasteiger partial charge in [-0.1, -0.05) is 0 Å². The molecule has 0 radical (unpaired) electrons. The zero-order valence-electron chi connectivity index (χ0n) is 11.6. The van der Waals surface area contributed by atoms with Gasteiger partial charge in [0.25, 0.3) is 10.0 Å². The summed E-state index contributed by atoms with van der Waals surface area (Å²) >= 11 is 1.47. The van der Waals surface area contributed by atoms with Crippen molar-refractivity contribution in [1.29, 1.82) is 0 Å². The van der Waals surface area contributed by atoms with Gasteiger partial charge in [-0.3, -0.25) is 0 Å². The highest BCUT2D eigenvalue weighted by Gasteiger charge is 2.22. The Morgan fingerprint density at radius 3 is 2.86 bits per heavy atom. The lowest BCUT2D eigenvalue weighted by Crippen LogP contribution is -2.22. The van der Waals surface area contributed by atoms with E-state index in [2.05, 4.69) is 15.0 Å². The third kappa shape index (κ3) is 3.91. The predicted molar refractivity (Wildman–Crippen MR) is 79.4 cm³/mol. The van der Waals surface area contributed by atoms with Gasteiger partial charge < -0.3 is 9.73 Å². The average Bonchev–Trinajstić information content (AvgIpc) is 2.97. The summed E-state index contributed by atoms with van der Waals surface area (Å²) in [6.07, 6.45) is 4.04. The van der Waals surface area contributed by atoms with Crippen LogP contribution in [0.3, 0.4) is 0 Å². The van der Waals surface area contributed by atoms with Gasteiger partial charge in [-0.25, -0.2) is 18.1 Å². The molecule has 3 rings (SSSR count). The highest BCUT2D eigenvalue weighted by atomic mass is 32.2. The fourth-order valence-electron chi connectivity index (χ4n) is 1.85. The standard InChI is InChI=1S/C13H17N3O3S2/c1-9-14-7-12(20-9)8-16-21(17,18)13-5-4-11(19-13)6-15-10-2-3-10/h4-5,7,10,15-16H,2-3,6,8H2,1H3. The molecule has 1 saturated carbocycles. The summed E-state index contributed by atoms with van der Waals surface area (Å²) in [7, 11) is -3.62. The molecule has 0 bridgehead atoms. The molecule has 0 unspecified atom stereocenters. The van der Waals surface area contributed by atoms with E-state index in [0.29, 0.717) is 18.3 Å². The normalized spacial score (nSPS) is 15.5. The van der Waals surface area contributed by atoms with Crippen molar-refractivity contribution in [3.05, 3.63) is 34.0 Å². The van der Waals surface area contributed by atoms with Crippen LogP contribution in [0.25, 0.3) is 0 Å². The largest absolute Gasteiger partial charge is 0.447 e. The molecular weight excluding hydrogens is 310 g/mol. The molecule has 114 valence electrons. The molecule has 2 aromatic heterocycles. The second kappa shape index (κ2) is 5.88. The van der Waals surface area contributed by atoms with E-state index in [0.717, 1.165) is 9.88 Å². The van der Waals surface area contributed by atoms with Gasteiger partial charge in [0, 0.05) is 23.7 Å². The zero-order chi connectivity index (χ0) is 14.9. The third-order valence-corrected chi connectivity index (χ3v) is 5.34. The Balaban J connectivity index is 1.60. The van der Waals surface area contributed by atoms with Crippen molar-refractivity contribution in [2.24, 2.45) is 0 Å². The molecule has 6 nitrogen and oxygen atoms in total. The number of hydrogen-bond acceptors (Lipinski definition) is 6.